The van der Waals surface area contributed by atoms with E-state index in [1.165, 1.54) is 0 Å². The van der Waals surface area contributed by atoms with Gasteiger partial charge in [-0.3, -0.25) is 0 Å². The lowest BCUT2D eigenvalue weighted by Crippen LogP contribution is -2.04. The molecule has 0 aliphatic heterocycles. The Morgan fingerprint density at radius 3 is 2.77 bits per heavy atom. The van der Waals surface area contributed by atoms with Crippen LogP contribution in [0.4, 0.5) is 0 Å². The maximum Gasteiger partial charge on any atom is 0.191 e. The number of aromatic nitrogens is 5. The Balaban J connectivity index is 1.39. The summed E-state index contributed by atoms with van der Waals surface area (Å²) in [5.74, 6) is 2.24. The molecule has 0 atom stereocenters. The van der Waals surface area contributed by atoms with E-state index in [-0.39, 0.29) is 0 Å². The third-order valence-corrected chi connectivity index (χ3v) is 5.18. The van der Waals surface area contributed by atoms with Crippen LogP contribution in [0.15, 0.2) is 60.0 Å². The summed E-state index contributed by atoms with van der Waals surface area (Å²) >= 11 is 7.48. The molecule has 8 heteroatoms. The van der Waals surface area contributed by atoms with Crippen LogP contribution in [0.2, 0.25) is 5.02 Å². The van der Waals surface area contributed by atoms with E-state index in [1.54, 1.807) is 23.9 Å². The normalized spacial score (nSPS) is 11.2. The molecule has 0 N–H and O–H groups in total. The fourth-order valence-electron chi connectivity index (χ4n) is 2.47. The third kappa shape index (κ3) is 3.68. The quantitative estimate of drug-likeness (QED) is 0.470. The fourth-order valence-corrected chi connectivity index (χ4v) is 3.41. The number of hydrogen-bond acceptors (Lipinski definition) is 5. The summed E-state index contributed by atoms with van der Waals surface area (Å²) in [6.07, 6.45) is 4.02. The minimum atomic E-state index is 0.347. The van der Waals surface area contributed by atoms with Gasteiger partial charge in [-0.15, -0.1) is 10.2 Å². The van der Waals surface area contributed by atoms with Crippen molar-refractivity contribution in [3.05, 3.63) is 71.4 Å². The highest BCUT2D eigenvalue weighted by Gasteiger charge is 2.11. The predicted molar refractivity (Wildman–Crippen MR) is 102 cm³/mol. The van der Waals surface area contributed by atoms with Gasteiger partial charge in [0.2, 0.25) is 0 Å². The van der Waals surface area contributed by atoms with Crippen LogP contribution in [0.3, 0.4) is 0 Å². The number of pyridine rings is 1. The van der Waals surface area contributed by atoms with E-state index in [0.29, 0.717) is 11.6 Å². The molecule has 132 valence electrons. The monoisotopic (exact) mass is 385 g/mol. The Hall–Kier alpha value is -2.51. The van der Waals surface area contributed by atoms with E-state index < -0.39 is 0 Å². The van der Waals surface area contributed by atoms with Crippen molar-refractivity contribution >= 4 is 29.0 Å². The zero-order valence-electron chi connectivity index (χ0n) is 14.0. The summed E-state index contributed by atoms with van der Waals surface area (Å²) in [6, 6.07) is 13.2. The van der Waals surface area contributed by atoms with Crippen LogP contribution in [-0.4, -0.2) is 24.1 Å². The fraction of sp³-hybridized carbons (Fsp3) is 0.167. The standard InChI is InChI=1S/C18H16ClN5OS/c1-23-17(11-25-15-7-5-13(19)6-8-15)21-22-18(23)26-12-14-10-24-9-3-2-4-16(24)20-14/h2-10H,11-12H2,1H3. The van der Waals surface area contributed by atoms with Gasteiger partial charge in [-0.05, 0) is 36.4 Å². The minimum Gasteiger partial charge on any atom is -0.486 e. The van der Waals surface area contributed by atoms with Crippen molar-refractivity contribution < 1.29 is 4.74 Å². The number of thioether (sulfide) groups is 1. The maximum atomic E-state index is 5.88. The lowest BCUT2D eigenvalue weighted by atomic mass is 10.3. The predicted octanol–water partition coefficient (Wildman–Crippen LogP) is 3.99. The number of rotatable bonds is 6. The second-order valence-corrected chi connectivity index (χ2v) is 7.07. The molecule has 4 rings (SSSR count). The van der Waals surface area contributed by atoms with Crippen LogP contribution < -0.4 is 4.74 Å². The molecule has 1 aromatic carbocycles. The molecular weight excluding hydrogens is 370 g/mol. The number of ether oxygens (including phenoxy) is 1. The number of halogens is 1. The highest BCUT2D eigenvalue weighted by atomic mass is 35.5. The third-order valence-electron chi connectivity index (χ3n) is 3.87. The molecule has 0 spiro atoms. The van der Waals surface area contributed by atoms with Crippen LogP contribution in [-0.2, 0) is 19.4 Å². The molecule has 4 aromatic rings. The first-order valence-electron chi connectivity index (χ1n) is 8.01. The summed E-state index contributed by atoms with van der Waals surface area (Å²) in [5.41, 5.74) is 1.95. The van der Waals surface area contributed by atoms with Gasteiger partial charge >= 0.3 is 0 Å². The first kappa shape index (κ1) is 16.9. The Morgan fingerprint density at radius 2 is 1.96 bits per heavy atom. The summed E-state index contributed by atoms with van der Waals surface area (Å²) in [5, 5.41) is 9.98. The van der Waals surface area contributed by atoms with Crippen molar-refractivity contribution in [2.45, 2.75) is 17.5 Å². The Labute approximate surface area is 159 Å². The van der Waals surface area contributed by atoms with Crippen molar-refractivity contribution in [3.63, 3.8) is 0 Å². The molecule has 3 heterocycles. The second-order valence-electron chi connectivity index (χ2n) is 5.69. The average molecular weight is 386 g/mol. The van der Waals surface area contributed by atoms with Gasteiger partial charge in [0.1, 0.15) is 18.0 Å². The number of nitrogens with zero attached hydrogens (tertiary/aromatic N) is 5. The summed E-state index contributed by atoms with van der Waals surface area (Å²) < 4.78 is 9.69. The number of fused-ring (bicyclic) bond motifs is 1. The highest BCUT2D eigenvalue weighted by molar-refractivity contribution is 7.98. The van der Waals surface area contributed by atoms with E-state index >= 15 is 0 Å². The molecule has 0 aliphatic rings. The van der Waals surface area contributed by atoms with Crippen LogP contribution in [0.1, 0.15) is 11.5 Å². The molecule has 0 saturated carbocycles. The van der Waals surface area contributed by atoms with Crippen molar-refractivity contribution in [3.8, 4) is 5.75 Å². The van der Waals surface area contributed by atoms with Gasteiger partial charge < -0.3 is 13.7 Å². The van der Waals surface area contributed by atoms with E-state index in [0.717, 1.165) is 33.8 Å². The first-order chi connectivity index (χ1) is 12.7. The van der Waals surface area contributed by atoms with Crippen molar-refractivity contribution in [2.24, 2.45) is 7.05 Å². The number of benzene rings is 1. The summed E-state index contributed by atoms with van der Waals surface area (Å²) in [7, 11) is 1.94. The van der Waals surface area contributed by atoms with Gasteiger partial charge in [-0.25, -0.2) is 4.98 Å². The van der Waals surface area contributed by atoms with Gasteiger partial charge in [-0.2, -0.15) is 0 Å². The molecule has 0 saturated heterocycles. The van der Waals surface area contributed by atoms with Gasteiger partial charge in [0, 0.05) is 30.2 Å². The van der Waals surface area contributed by atoms with Crippen molar-refractivity contribution in [1.82, 2.24) is 24.1 Å². The Kier molecular flexibility index (Phi) is 4.81. The van der Waals surface area contributed by atoms with Gasteiger partial charge in [-0.1, -0.05) is 29.4 Å². The van der Waals surface area contributed by atoms with Crippen LogP contribution >= 0.6 is 23.4 Å². The highest BCUT2D eigenvalue weighted by Crippen LogP contribution is 2.22. The number of imidazole rings is 1. The maximum absolute atomic E-state index is 5.88. The van der Waals surface area contributed by atoms with Gasteiger partial charge in [0.25, 0.3) is 0 Å². The molecule has 3 aromatic heterocycles. The lowest BCUT2D eigenvalue weighted by molar-refractivity contribution is 0.290. The zero-order chi connectivity index (χ0) is 17.9. The first-order valence-corrected chi connectivity index (χ1v) is 9.37. The molecule has 0 aliphatic carbocycles. The average Bonchev–Trinajstić information content (AvgIpc) is 3.22. The molecule has 0 unspecified atom stereocenters. The molecule has 0 fully saturated rings. The number of hydrogen-bond donors (Lipinski definition) is 0. The molecular formula is C18H16ClN5OS. The van der Waals surface area contributed by atoms with Crippen LogP contribution in [0, 0.1) is 0 Å². The molecule has 0 amide bonds. The van der Waals surface area contributed by atoms with E-state index in [9.17, 15) is 0 Å². The Bertz CT molecular complexity index is 995. The van der Waals surface area contributed by atoms with E-state index in [1.807, 2.05) is 58.7 Å². The summed E-state index contributed by atoms with van der Waals surface area (Å²) in [6.45, 7) is 0.347. The minimum absolute atomic E-state index is 0.347. The topological polar surface area (TPSA) is 57.2 Å². The molecule has 26 heavy (non-hydrogen) atoms. The van der Waals surface area contributed by atoms with Crippen molar-refractivity contribution in [2.75, 3.05) is 0 Å². The van der Waals surface area contributed by atoms with Crippen LogP contribution in [0.25, 0.3) is 5.65 Å². The zero-order valence-corrected chi connectivity index (χ0v) is 15.6. The van der Waals surface area contributed by atoms with Crippen molar-refractivity contribution in [1.29, 1.82) is 0 Å². The largest absolute Gasteiger partial charge is 0.486 e. The second kappa shape index (κ2) is 7.39. The van der Waals surface area contributed by atoms with Gasteiger partial charge in [0.15, 0.2) is 11.0 Å². The van der Waals surface area contributed by atoms with E-state index in [2.05, 4.69) is 15.2 Å². The molecule has 0 radical (unpaired) electrons. The van der Waals surface area contributed by atoms with E-state index in [4.69, 9.17) is 16.3 Å². The lowest BCUT2D eigenvalue weighted by Gasteiger charge is -2.06. The SMILES string of the molecule is Cn1c(COc2ccc(Cl)cc2)nnc1SCc1cn2ccccc2n1. The molecule has 6 nitrogen and oxygen atoms in total. The summed E-state index contributed by atoms with van der Waals surface area (Å²) in [4.78, 5) is 4.60. The van der Waals surface area contributed by atoms with Gasteiger partial charge in [0.05, 0.1) is 5.69 Å². The van der Waals surface area contributed by atoms with Crippen LogP contribution in [0.5, 0.6) is 5.75 Å². The smallest absolute Gasteiger partial charge is 0.191 e. The Morgan fingerprint density at radius 1 is 1.12 bits per heavy atom. The molecule has 0 bridgehead atoms.